The van der Waals surface area contributed by atoms with Gasteiger partial charge in [0.05, 0.1) is 6.61 Å². The number of halogens is 2. The topological polar surface area (TPSA) is 26.3 Å². The summed E-state index contributed by atoms with van der Waals surface area (Å²) in [6.45, 7) is 2.20. The Labute approximate surface area is 116 Å². The Bertz CT molecular complexity index is 410. The van der Waals surface area contributed by atoms with Crippen LogP contribution < -0.4 is 0 Å². The maximum atomic E-state index is 13.3. The van der Waals surface area contributed by atoms with Crippen LogP contribution in [0.3, 0.4) is 0 Å². The van der Waals surface area contributed by atoms with E-state index in [4.69, 9.17) is 4.74 Å². The van der Waals surface area contributed by atoms with Gasteiger partial charge in [-0.2, -0.15) is 0 Å². The van der Waals surface area contributed by atoms with Crippen molar-refractivity contribution in [2.45, 2.75) is 37.5 Å². The van der Waals surface area contributed by atoms with Crippen LogP contribution in [0.4, 0.5) is 8.78 Å². The van der Waals surface area contributed by atoms with Crippen molar-refractivity contribution < 1.29 is 18.3 Å². The number of carbonyl (C=O) groups is 1. The zero-order valence-corrected chi connectivity index (χ0v) is 11.8. The fourth-order valence-corrected chi connectivity index (χ4v) is 2.49. The van der Waals surface area contributed by atoms with Gasteiger partial charge in [-0.3, -0.25) is 4.79 Å². The van der Waals surface area contributed by atoms with E-state index in [-0.39, 0.29) is 5.97 Å². The van der Waals surface area contributed by atoms with E-state index in [0.717, 1.165) is 31.1 Å². The van der Waals surface area contributed by atoms with Gasteiger partial charge in [0.1, 0.15) is 11.6 Å². The highest BCUT2D eigenvalue weighted by atomic mass is 32.2. The first-order valence-electron chi connectivity index (χ1n) is 6.37. The van der Waals surface area contributed by atoms with Crippen LogP contribution in [0.25, 0.3) is 0 Å². The number of unbranched alkanes of at least 4 members (excludes halogenated alkanes) is 2. The number of benzene rings is 1. The van der Waals surface area contributed by atoms with E-state index in [2.05, 4.69) is 0 Å². The minimum atomic E-state index is -0.559. The highest BCUT2D eigenvalue weighted by Gasteiger charge is 2.04. The van der Waals surface area contributed by atoms with Crippen molar-refractivity contribution in [1.82, 2.24) is 0 Å². The van der Waals surface area contributed by atoms with Gasteiger partial charge in [-0.05, 0) is 37.7 Å². The third kappa shape index (κ3) is 6.57. The molecule has 0 amide bonds. The summed E-state index contributed by atoms with van der Waals surface area (Å²) in [5.74, 6) is -0.488. The molecule has 5 heteroatoms. The molecule has 0 aliphatic heterocycles. The Morgan fingerprint density at radius 2 is 2.05 bits per heavy atom. The van der Waals surface area contributed by atoms with Crippen molar-refractivity contribution in [1.29, 1.82) is 0 Å². The Kier molecular flexibility index (Phi) is 7.48. The molecule has 0 saturated carbocycles. The summed E-state index contributed by atoms with van der Waals surface area (Å²) in [4.78, 5) is 11.5. The van der Waals surface area contributed by atoms with Crippen molar-refractivity contribution in [2.75, 3.05) is 12.4 Å². The van der Waals surface area contributed by atoms with E-state index in [1.54, 1.807) is 6.92 Å². The lowest BCUT2D eigenvalue weighted by Crippen LogP contribution is -2.03. The van der Waals surface area contributed by atoms with Crippen molar-refractivity contribution >= 4 is 17.7 Å². The van der Waals surface area contributed by atoms with Gasteiger partial charge in [-0.25, -0.2) is 8.78 Å². The van der Waals surface area contributed by atoms with Gasteiger partial charge in [0.15, 0.2) is 0 Å². The zero-order chi connectivity index (χ0) is 14.1. The van der Waals surface area contributed by atoms with Crippen LogP contribution in [0.5, 0.6) is 0 Å². The molecule has 0 aliphatic rings. The molecule has 0 bridgehead atoms. The van der Waals surface area contributed by atoms with Gasteiger partial charge < -0.3 is 4.74 Å². The van der Waals surface area contributed by atoms with Crippen molar-refractivity contribution in [3.8, 4) is 0 Å². The SMILES string of the molecule is CCOC(=O)CCCCCSc1ccc(F)cc1F. The smallest absolute Gasteiger partial charge is 0.305 e. The molecular weight excluding hydrogens is 270 g/mol. The third-order valence-electron chi connectivity index (χ3n) is 2.48. The average Bonchev–Trinajstić information content (AvgIpc) is 2.36. The highest BCUT2D eigenvalue weighted by Crippen LogP contribution is 2.23. The molecule has 0 saturated heterocycles. The summed E-state index contributed by atoms with van der Waals surface area (Å²) in [6.07, 6.45) is 3.00. The molecule has 0 atom stereocenters. The molecule has 1 rings (SSSR count). The zero-order valence-electron chi connectivity index (χ0n) is 11.0. The Morgan fingerprint density at radius 3 is 2.74 bits per heavy atom. The first-order valence-corrected chi connectivity index (χ1v) is 7.35. The van der Waals surface area contributed by atoms with Crippen LogP contribution >= 0.6 is 11.8 Å². The van der Waals surface area contributed by atoms with E-state index in [1.165, 1.54) is 23.9 Å². The largest absolute Gasteiger partial charge is 0.466 e. The average molecular weight is 288 g/mol. The quantitative estimate of drug-likeness (QED) is 0.408. The molecule has 0 spiro atoms. The second kappa shape index (κ2) is 8.91. The van der Waals surface area contributed by atoms with Gasteiger partial charge in [-0.15, -0.1) is 11.8 Å². The van der Waals surface area contributed by atoms with Crippen LogP contribution in [0.15, 0.2) is 23.1 Å². The van der Waals surface area contributed by atoms with Gasteiger partial charge in [0.2, 0.25) is 0 Å². The van der Waals surface area contributed by atoms with E-state index in [9.17, 15) is 13.6 Å². The minimum absolute atomic E-state index is 0.167. The lowest BCUT2D eigenvalue weighted by atomic mass is 10.2. The molecule has 106 valence electrons. The van der Waals surface area contributed by atoms with Crippen LogP contribution in [0.2, 0.25) is 0 Å². The summed E-state index contributed by atoms with van der Waals surface area (Å²) in [7, 11) is 0. The molecule has 0 heterocycles. The Balaban J connectivity index is 2.12. The van der Waals surface area contributed by atoms with Crippen LogP contribution in [-0.4, -0.2) is 18.3 Å². The van der Waals surface area contributed by atoms with Crippen LogP contribution in [0, 0.1) is 11.6 Å². The molecule has 0 aliphatic carbocycles. The number of ether oxygens (including phenoxy) is 1. The van der Waals surface area contributed by atoms with E-state index < -0.39 is 11.6 Å². The minimum Gasteiger partial charge on any atom is -0.466 e. The number of carbonyl (C=O) groups excluding carboxylic acids is 1. The molecular formula is C14H18F2O2S. The number of hydrogen-bond donors (Lipinski definition) is 0. The molecule has 0 radical (unpaired) electrons. The van der Waals surface area contributed by atoms with Crippen LogP contribution in [0.1, 0.15) is 32.6 Å². The van der Waals surface area contributed by atoms with Gasteiger partial charge in [0.25, 0.3) is 0 Å². The number of thioether (sulfide) groups is 1. The first-order chi connectivity index (χ1) is 9.13. The molecule has 0 N–H and O–H groups in total. The molecule has 0 aromatic heterocycles. The molecule has 1 aromatic rings. The summed E-state index contributed by atoms with van der Waals surface area (Å²) in [5, 5.41) is 0. The maximum absolute atomic E-state index is 13.3. The number of rotatable bonds is 8. The highest BCUT2D eigenvalue weighted by molar-refractivity contribution is 7.99. The van der Waals surface area contributed by atoms with Crippen molar-refractivity contribution in [3.63, 3.8) is 0 Å². The van der Waals surface area contributed by atoms with Gasteiger partial charge >= 0.3 is 5.97 Å². The van der Waals surface area contributed by atoms with E-state index in [0.29, 0.717) is 17.9 Å². The standard InChI is InChI=1S/C14H18F2O2S/c1-2-18-14(17)6-4-3-5-9-19-13-8-7-11(15)10-12(13)16/h7-8,10H,2-6,9H2,1H3. The second-order valence-electron chi connectivity index (χ2n) is 4.04. The fraction of sp³-hybridized carbons (Fsp3) is 0.500. The van der Waals surface area contributed by atoms with Crippen LogP contribution in [-0.2, 0) is 9.53 Å². The summed E-state index contributed by atoms with van der Waals surface area (Å²) >= 11 is 1.37. The first kappa shape index (κ1) is 16.0. The molecule has 0 unspecified atom stereocenters. The third-order valence-corrected chi connectivity index (χ3v) is 3.62. The predicted octanol–water partition coefficient (Wildman–Crippen LogP) is 4.18. The van der Waals surface area contributed by atoms with E-state index >= 15 is 0 Å². The second-order valence-corrected chi connectivity index (χ2v) is 5.18. The lowest BCUT2D eigenvalue weighted by Gasteiger charge is -2.04. The Morgan fingerprint density at radius 1 is 1.26 bits per heavy atom. The predicted molar refractivity (Wildman–Crippen MR) is 72.2 cm³/mol. The maximum Gasteiger partial charge on any atom is 0.305 e. The van der Waals surface area contributed by atoms with Gasteiger partial charge in [-0.1, -0.05) is 6.42 Å². The van der Waals surface area contributed by atoms with Crippen molar-refractivity contribution in [3.05, 3.63) is 29.8 Å². The van der Waals surface area contributed by atoms with Crippen molar-refractivity contribution in [2.24, 2.45) is 0 Å². The lowest BCUT2D eigenvalue weighted by molar-refractivity contribution is -0.143. The number of hydrogen-bond acceptors (Lipinski definition) is 3. The summed E-state index contributed by atoms with van der Waals surface area (Å²) < 4.78 is 30.8. The summed E-state index contributed by atoms with van der Waals surface area (Å²) in [6, 6.07) is 3.60. The van der Waals surface area contributed by atoms with E-state index in [1.807, 2.05) is 0 Å². The molecule has 2 nitrogen and oxygen atoms in total. The fourth-order valence-electron chi connectivity index (χ4n) is 1.56. The molecule has 19 heavy (non-hydrogen) atoms. The molecule has 1 aromatic carbocycles. The normalized spacial score (nSPS) is 10.5. The Hall–Kier alpha value is -1.10. The monoisotopic (exact) mass is 288 g/mol. The van der Waals surface area contributed by atoms with Gasteiger partial charge in [0, 0.05) is 17.4 Å². The summed E-state index contributed by atoms with van der Waals surface area (Å²) in [5.41, 5.74) is 0. The number of esters is 1. The molecule has 0 fully saturated rings.